The molecule has 1 heterocycles. The Morgan fingerprint density at radius 2 is 2.00 bits per heavy atom. The topological polar surface area (TPSA) is 29.3 Å². The Labute approximate surface area is 123 Å². The molecule has 2 aliphatic rings. The Balaban J connectivity index is 1.71. The van der Waals surface area contributed by atoms with E-state index < -0.39 is 0 Å². The molecule has 3 atom stereocenters. The van der Waals surface area contributed by atoms with Crippen LogP contribution >= 0.6 is 0 Å². The molecule has 2 N–H and O–H groups in total. The van der Waals surface area contributed by atoms with Gasteiger partial charge in [0.25, 0.3) is 0 Å². The van der Waals surface area contributed by atoms with E-state index in [2.05, 4.69) is 36.9 Å². The zero-order valence-electron chi connectivity index (χ0n) is 12.9. The first-order valence-electron chi connectivity index (χ1n) is 8.22. The van der Waals surface area contributed by atoms with Crippen molar-refractivity contribution in [3.8, 4) is 0 Å². The number of fused-ring (bicyclic) bond motifs is 1. The van der Waals surface area contributed by atoms with Gasteiger partial charge in [0.2, 0.25) is 0 Å². The van der Waals surface area contributed by atoms with E-state index in [-0.39, 0.29) is 6.04 Å². The summed E-state index contributed by atoms with van der Waals surface area (Å²) >= 11 is 0. The summed E-state index contributed by atoms with van der Waals surface area (Å²) in [4.78, 5) is 2.69. The molecular weight excluding hydrogens is 244 g/mol. The van der Waals surface area contributed by atoms with Crippen LogP contribution in [0.2, 0.25) is 0 Å². The number of hydrogen-bond acceptors (Lipinski definition) is 2. The van der Waals surface area contributed by atoms with Gasteiger partial charge < -0.3 is 5.73 Å². The molecule has 2 nitrogen and oxygen atoms in total. The first kappa shape index (κ1) is 14.1. The van der Waals surface area contributed by atoms with Gasteiger partial charge in [-0.15, -0.1) is 0 Å². The van der Waals surface area contributed by atoms with E-state index in [0.29, 0.717) is 0 Å². The first-order valence-corrected chi connectivity index (χ1v) is 8.22. The van der Waals surface area contributed by atoms with Crippen LogP contribution in [0, 0.1) is 19.8 Å². The average molecular weight is 272 g/mol. The molecule has 0 radical (unpaired) electrons. The minimum absolute atomic E-state index is 0.161. The second kappa shape index (κ2) is 5.87. The lowest BCUT2D eigenvalue weighted by Gasteiger charge is -2.39. The minimum Gasteiger partial charge on any atom is -0.323 e. The van der Waals surface area contributed by atoms with Crippen molar-refractivity contribution >= 4 is 0 Å². The van der Waals surface area contributed by atoms with Gasteiger partial charge in [-0.3, -0.25) is 4.90 Å². The third-order valence-electron chi connectivity index (χ3n) is 5.37. The lowest BCUT2D eigenvalue weighted by molar-refractivity contribution is 0.106. The molecule has 1 saturated heterocycles. The molecule has 1 aromatic rings. The van der Waals surface area contributed by atoms with Gasteiger partial charge in [-0.25, -0.2) is 0 Å². The monoisotopic (exact) mass is 272 g/mol. The fourth-order valence-corrected chi connectivity index (χ4v) is 4.29. The van der Waals surface area contributed by atoms with Crippen LogP contribution in [0.15, 0.2) is 18.2 Å². The summed E-state index contributed by atoms with van der Waals surface area (Å²) in [6.07, 6.45) is 7.06. The van der Waals surface area contributed by atoms with E-state index in [1.54, 1.807) is 0 Å². The molecule has 0 bridgehead atoms. The summed E-state index contributed by atoms with van der Waals surface area (Å²) in [6.45, 7) is 6.62. The van der Waals surface area contributed by atoms with Crippen molar-refractivity contribution in [1.82, 2.24) is 4.90 Å². The fourth-order valence-electron chi connectivity index (χ4n) is 4.29. The van der Waals surface area contributed by atoms with Gasteiger partial charge in [0.1, 0.15) is 0 Å². The summed E-state index contributed by atoms with van der Waals surface area (Å²) in [5, 5.41) is 0. The number of rotatable bonds is 3. The van der Waals surface area contributed by atoms with E-state index in [0.717, 1.165) is 18.5 Å². The molecule has 0 amide bonds. The Morgan fingerprint density at radius 1 is 1.20 bits per heavy atom. The summed E-state index contributed by atoms with van der Waals surface area (Å²) in [6, 6.07) is 7.64. The minimum atomic E-state index is 0.161. The summed E-state index contributed by atoms with van der Waals surface area (Å²) < 4.78 is 0. The van der Waals surface area contributed by atoms with Crippen LogP contribution in [0.3, 0.4) is 0 Å². The lowest BCUT2D eigenvalue weighted by atomic mass is 9.90. The highest BCUT2D eigenvalue weighted by molar-refractivity contribution is 5.33. The molecule has 3 rings (SSSR count). The normalized spacial score (nSPS) is 28.4. The van der Waals surface area contributed by atoms with E-state index in [1.807, 2.05) is 0 Å². The van der Waals surface area contributed by atoms with Crippen LogP contribution in [0.1, 0.15) is 54.8 Å². The number of benzene rings is 1. The highest BCUT2D eigenvalue weighted by Crippen LogP contribution is 2.37. The molecule has 0 spiro atoms. The maximum atomic E-state index is 6.54. The molecule has 0 aromatic heterocycles. The number of hydrogen-bond donors (Lipinski definition) is 1. The molecule has 110 valence electrons. The van der Waals surface area contributed by atoms with Crippen LogP contribution < -0.4 is 5.73 Å². The Kier molecular flexibility index (Phi) is 4.13. The van der Waals surface area contributed by atoms with Crippen LogP contribution in [0.25, 0.3) is 0 Å². The molecule has 1 saturated carbocycles. The fraction of sp³-hybridized carbons (Fsp3) is 0.667. The van der Waals surface area contributed by atoms with Gasteiger partial charge in [-0.1, -0.05) is 30.2 Å². The maximum Gasteiger partial charge on any atom is 0.0427 e. The quantitative estimate of drug-likeness (QED) is 0.911. The average Bonchev–Trinajstić information content (AvgIpc) is 2.91. The highest BCUT2D eigenvalue weighted by atomic mass is 15.2. The van der Waals surface area contributed by atoms with Crippen molar-refractivity contribution in [2.45, 2.75) is 58.0 Å². The van der Waals surface area contributed by atoms with Crippen molar-refractivity contribution in [3.05, 3.63) is 34.9 Å². The zero-order chi connectivity index (χ0) is 14.1. The lowest BCUT2D eigenvalue weighted by Crippen LogP contribution is -2.45. The van der Waals surface area contributed by atoms with E-state index >= 15 is 0 Å². The van der Waals surface area contributed by atoms with Gasteiger partial charge in [-0.2, -0.15) is 0 Å². The van der Waals surface area contributed by atoms with Crippen molar-refractivity contribution in [1.29, 1.82) is 0 Å². The van der Waals surface area contributed by atoms with Crippen LogP contribution in [-0.4, -0.2) is 24.0 Å². The second-order valence-corrected chi connectivity index (χ2v) is 6.86. The molecule has 1 aliphatic heterocycles. The Hall–Kier alpha value is -0.860. The second-order valence-electron chi connectivity index (χ2n) is 6.86. The molecular formula is C18H28N2. The molecule has 3 unspecified atom stereocenters. The van der Waals surface area contributed by atoms with Crippen molar-refractivity contribution < 1.29 is 0 Å². The van der Waals surface area contributed by atoms with Gasteiger partial charge in [-0.05, 0) is 63.1 Å². The van der Waals surface area contributed by atoms with Crippen molar-refractivity contribution in [2.24, 2.45) is 11.7 Å². The van der Waals surface area contributed by atoms with Gasteiger partial charge in [0, 0.05) is 18.6 Å². The smallest absolute Gasteiger partial charge is 0.0427 e. The zero-order valence-corrected chi connectivity index (χ0v) is 12.9. The number of nitrogens with two attached hydrogens (primary N) is 1. The third kappa shape index (κ3) is 2.77. The predicted octanol–water partition coefficient (Wildman–Crippen LogP) is 3.57. The molecule has 2 heteroatoms. The standard InChI is InChI=1S/C18H28N2/c1-13-8-9-14(2)16(11-13)17(19)12-20-10-4-6-15-5-3-7-18(15)20/h8-9,11,15,17-18H,3-7,10,12,19H2,1-2H3. The summed E-state index contributed by atoms with van der Waals surface area (Å²) in [7, 11) is 0. The highest BCUT2D eigenvalue weighted by Gasteiger charge is 2.35. The van der Waals surface area contributed by atoms with E-state index in [4.69, 9.17) is 5.73 Å². The number of piperidine rings is 1. The summed E-state index contributed by atoms with van der Waals surface area (Å²) in [5.41, 5.74) is 10.5. The van der Waals surface area contributed by atoms with E-state index in [9.17, 15) is 0 Å². The Bertz CT molecular complexity index is 468. The van der Waals surface area contributed by atoms with Crippen LogP contribution in [0.5, 0.6) is 0 Å². The predicted molar refractivity (Wildman–Crippen MR) is 84.8 cm³/mol. The van der Waals surface area contributed by atoms with Gasteiger partial charge in [0.05, 0.1) is 0 Å². The van der Waals surface area contributed by atoms with Gasteiger partial charge >= 0.3 is 0 Å². The molecule has 1 aliphatic carbocycles. The van der Waals surface area contributed by atoms with Gasteiger partial charge in [0.15, 0.2) is 0 Å². The van der Waals surface area contributed by atoms with Crippen LogP contribution in [0.4, 0.5) is 0 Å². The van der Waals surface area contributed by atoms with Crippen LogP contribution in [-0.2, 0) is 0 Å². The summed E-state index contributed by atoms with van der Waals surface area (Å²) in [5.74, 6) is 0.953. The first-order chi connectivity index (χ1) is 9.65. The molecule has 2 fully saturated rings. The third-order valence-corrected chi connectivity index (χ3v) is 5.37. The largest absolute Gasteiger partial charge is 0.323 e. The molecule has 1 aromatic carbocycles. The number of likely N-dealkylation sites (tertiary alicyclic amines) is 1. The van der Waals surface area contributed by atoms with Crippen molar-refractivity contribution in [3.63, 3.8) is 0 Å². The van der Waals surface area contributed by atoms with E-state index in [1.165, 1.54) is 55.3 Å². The Morgan fingerprint density at radius 3 is 2.85 bits per heavy atom. The number of nitrogens with zero attached hydrogens (tertiary/aromatic N) is 1. The molecule has 20 heavy (non-hydrogen) atoms. The number of aryl methyl sites for hydroxylation is 2. The van der Waals surface area contributed by atoms with Crippen molar-refractivity contribution in [2.75, 3.05) is 13.1 Å². The maximum absolute atomic E-state index is 6.54. The SMILES string of the molecule is Cc1ccc(C)c(C(N)CN2CCCC3CCCC32)c1.